The molecule has 0 bridgehead atoms. The lowest BCUT2D eigenvalue weighted by Crippen LogP contribution is -2.49. The molecular formula is C23H28Cl2N2O3. The van der Waals surface area contributed by atoms with Crippen LogP contribution >= 0.6 is 23.2 Å². The quantitative estimate of drug-likeness (QED) is 0.592. The Labute approximate surface area is 188 Å². The largest absolute Gasteiger partial charge is 0.484 e. The number of nitrogens with one attached hydrogen (secondary N) is 1. The van der Waals surface area contributed by atoms with E-state index in [-0.39, 0.29) is 25.0 Å². The maximum Gasteiger partial charge on any atom is 0.261 e. The molecule has 5 nitrogen and oxygen atoms in total. The summed E-state index contributed by atoms with van der Waals surface area (Å²) in [5.74, 6) is 0.379. The van der Waals surface area contributed by atoms with Gasteiger partial charge in [-0.05, 0) is 61.2 Å². The molecule has 1 atom stereocenters. The minimum absolute atomic E-state index is 0.184. The van der Waals surface area contributed by atoms with E-state index in [1.165, 1.54) is 4.90 Å². The third-order valence-corrected chi connectivity index (χ3v) is 5.29. The molecule has 0 saturated carbocycles. The molecule has 0 aromatic heterocycles. The van der Waals surface area contributed by atoms with Crippen molar-refractivity contribution in [1.29, 1.82) is 0 Å². The van der Waals surface area contributed by atoms with Crippen molar-refractivity contribution in [3.63, 3.8) is 0 Å². The average Bonchev–Trinajstić information content (AvgIpc) is 2.71. The second-order valence-electron chi connectivity index (χ2n) is 7.66. The second kappa shape index (κ2) is 11.2. The summed E-state index contributed by atoms with van der Waals surface area (Å²) in [6, 6.07) is 11.8. The Balaban J connectivity index is 2.13. The predicted molar refractivity (Wildman–Crippen MR) is 121 cm³/mol. The van der Waals surface area contributed by atoms with Gasteiger partial charge in [0.2, 0.25) is 5.91 Å². The Morgan fingerprint density at radius 3 is 2.33 bits per heavy atom. The number of aryl methyl sites for hydroxylation is 1. The minimum Gasteiger partial charge on any atom is -0.484 e. The lowest BCUT2D eigenvalue weighted by atomic mass is 10.1. The molecule has 2 amide bonds. The van der Waals surface area contributed by atoms with Gasteiger partial charge >= 0.3 is 0 Å². The van der Waals surface area contributed by atoms with Crippen molar-refractivity contribution in [2.75, 3.05) is 13.2 Å². The van der Waals surface area contributed by atoms with Crippen LogP contribution < -0.4 is 10.1 Å². The van der Waals surface area contributed by atoms with E-state index in [1.807, 2.05) is 32.9 Å². The maximum atomic E-state index is 13.0. The van der Waals surface area contributed by atoms with Crippen molar-refractivity contribution in [1.82, 2.24) is 10.2 Å². The topological polar surface area (TPSA) is 58.6 Å². The number of nitrogens with zero attached hydrogens (tertiary/aromatic N) is 1. The molecule has 30 heavy (non-hydrogen) atoms. The third kappa shape index (κ3) is 7.22. The van der Waals surface area contributed by atoms with Gasteiger partial charge < -0.3 is 15.0 Å². The Morgan fingerprint density at radius 2 is 1.73 bits per heavy atom. The van der Waals surface area contributed by atoms with E-state index in [1.54, 1.807) is 37.3 Å². The summed E-state index contributed by atoms with van der Waals surface area (Å²) in [5, 5.41) is 4.13. The standard InChI is InChI=1S/C23H28Cl2N2O3/c1-15(2)12-26-23(29)17(4)27(13-18-5-7-19(24)8-6-18)22(28)14-30-20-9-10-21(25)16(3)11-20/h5-11,15,17H,12-14H2,1-4H3,(H,26,29)/t17-/m0/s1. The zero-order chi connectivity index (χ0) is 22.3. The van der Waals surface area contributed by atoms with Crippen LogP contribution in [0.5, 0.6) is 5.75 Å². The van der Waals surface area contributed by atoms with Crippen molar-refractivity contribution in [3.8, 4) is 5.75 Å². The summed E-state index contributed by atoms with van der Waals surface area (Å²) < 4.78 is 5.67. The molecule has 0 fully saturated rings. The highest BCUT2D eigenvalue weighted by molar-refractivity contribution is 6.31. The molecule has 0 aliphatic rings. The van der Waals surface area contributed by atoms with Gasteiger partial charge in [0.15, 0.2) is 6.61 Å². The van der Waals surface area contributed by atoms with E-state index in [2.05, 4.69) is 5.32 Å². The van der Waals surface area contributed by atoms with Gasteiger partial charge in [-0.1, -0.05) is 49.2 Å². The van der Waals surface area contributed by atoms with Gasteiger partial charge in [0.25, 0.3) is 5.91 Å². The van der Waals surface area contributed by atoms with E-state index in [0.717, 1.165) is 11.1 Å². The van der Waals surface area contributed by atoms with Crippen LogP contribution in [0.25, 0.3) is 0 Å². The molecule has 162 valence electrons. The molecule has 7 heteroatoms. The number of rotatable bonds is 9. The van der Waals surface area contributed by atoms with Crippen molar-refractivity contribution in [2.45, 2.75) is 40.3 Å². The molecule has 0 heterocycles. The van der Waals surface area contributed by atoms with Gasteiger partial charge in [-0.15, -0.1) is 0 Å². The Bertz CT molecular complexity index is 869. The molecule has 0 unspecified atom stereocenters. The van der Waals surface area contributed by atoms with Gasteiger partial charge in [0.05, 0.1) is 0 Å². The van der Waals surface area contributed by atoms with Crippen molar-refractivity contribution >= 4 is 35.0 Å². The molecule has 2 rings (SSSR count). The molecule has 1 N–H and O–H groups in total. The van der Waals surface area contributed by atoms with Crippen LogP contribution in [0.3, 0.4) is 0 Å². The van der Waals surface area contributed by atoms with Gasteiger partial charge in [-0.25, -0.2) is 0 Å². The van der Waals surface area contributed by atoms with E-state index < -0.39 is 6.04 Å². The maximum absolute atomic E-state index is 13.0. The lowest BCUT2D eigenvalue weighted by Gasteiger charge is -2.29. The normalized spacial score (nSPS) is 11.8. The van der Waals surface area contributed by atoms with Gasteiger partial charge in [-0.3, -0.25) is 9.59 Å². The number of carbonyl (C=O) groups is 2. The minimum atomic E-state index is -0.650. The van der Waals surface area contributed by atoms with Gasteiger partial charge in [0.1, 0.15) is 11.8 Å². The summed E-state index contributed by atoms with van der Waals surface area (Å²) >= 11 is 12.0. The summed E-state index contributed by atoms with van der Waals surface area (Å²) in [4.78, 5) is 27.1. The monoisotopic (exact) mass is 450 g/mol. The molecular weight excluding hydrogens is 423 g/mol. The smallest absolute Gasteiger partial charge is 0.261 e. The molecule has 2 aromatic carbocycles. The number of carbonyl (C=O) groups excluding carboxylic acids is 2. The third-order valence-electron chi connectivity index (χ3n) is 4.61. The Kier molecular flexibility index (Phi) is 9.00. The fourth-order valence-electron chi connectivity index (χ4n) is 2.76. The van der Waals surface area contributed by atoms with Crippen molar-refractivity contribution < 1.29 is 14.3 Å². The van der Waals surface area contributed by atoms with Crippen LogP contribution in [0, 0.1) is 12.8 Å². The number of hydrogen-bond acceptors (Lipinski definition) is 3. The van der Waals surface area contributed by atoms with E-state index in [0.29, 0.717) is 28.3 Å². The fourth-order valence-corrected chi connectivity index (χ4v) is 3.00. The van der Waals surface area contributed by atoms with Crippen molar-refractivity contribution in [3.05, 3.63) is 63.6 Å². The zero-order valence-corrected chi connectivity index (χ0v) is 19.3. The first kappa shape index (κ1) is 24.0. The van der Waals surface area contributed by atoms with Crippen LogP contribution in [-0.4, -0.2) is 35.9 Å². The van der Waals surface area contributed by atoms with Gasteiger partial charge in [0, 0.05) is 23.1 Å². The van der Waals surface area contributed by atoms with E-state index in [9.17, 15) is 9.59 Å². The Morgan fingerprint density at radius 1 is 1.07 bits per heavy atom. The molecule has 2 aromatic rings. The number of halogens is 2. The van der Waals surface area contributed by atoms with Crippen molar-refractivity contribution in [2.24, 2.45) is 5.92 Å². The Hall–Kier alpha value is -2.24. The molecule has 0 aliphatic heterocycles. The van der Waals surface area contributed by atoms with Crippen LogP contribution in [0.1, 0.15) is 31.9 Å². The summed E-state index contributed by atoms with van der Waals surface area (Å²) in [6.45, 7) is 8.26. The number of amides is 2. The SMILES string of the molecule is Cc1cc(OCC(=O)N(Cc2ccc(Cl)cc2)[C@@H](C)C(=O)NCC(C)C)ccc1Cl. The number of ether oxygens (including phenoxy) is 1. The first-order valence-corrected chi connectivity index (χ1v) is 10.6. The summed E-state index contributed by atoms with van der Waals surface area (Å²) in [7, 11) is 0. The molecule has 0 radical (unpaired) electrons. The summed E-state index contributed by atoms with van der Waals surface area (Å²) in [6.07, 6.45) is 0. The van der Waals surface area contributed by atoms with Crippen LogP contribution in [0.2, 0.25) is 10.0 Å². The fraction of sp³-hybridized carbons (Fsp3) is 0.391. The first-order valence-electron chi connectivity index (χ1n) is 9.88. The second-order valence-corrected chi connectivity index (χ2v) is 8.51. The summed E-state index contributed by atoms with van der Waals surface area (Å²) in [5.41, 5.74) is 1.74. The molecule has 0 aliphatic carbocycles. The first-order chi connectivity index (χ1) is 14.2. The highest BCUT2D eigenvalue weighted by atomic mass is 35.5. The average molecular weight is 451 g/mol. The van der Waals surface area contributed by atoms with Crippen LogP contribution in [0.15, 0.2) is 42.5 Å². The van der Waals surface area contributed by atoms with Crippen LogP contribution in [0.4, 0.5) is 0 Å². The van der Waals surface area contributed by atoms with Crippen LogP contribution in [-0.2, 0) is 16.1 Å². The molecule has 0 spiro atoms. The lowest BCUT2D eigenvalue weighted by molar-refractivity contribution is -0.142. The molecule has 0 saturated heterocycles. The highest BCUT2D eigenvalue weighted by Crippen LogP contribution is 2.21. The van der Waals surface area contributed by atoms with E-state index >= 15 is 0 Å². The van der Waals surface area contributed by atoms with Gasteiger partial charge in [-0.2, -0.15) is 0 Å². The number of benzene rings is 2. The van der Waals surface area contributed by atoms with E-state index in [4.69, 9.17) is 27.9 Å². The number of hydrogen-bond donors (Lipinski definition) is 1. The zero-order valence-electron chi connectivity index (χ0n) is 17.7. The predicted octanol–water partition coefficient (Wildman–Crippen LogP) is 4.87. The highest BCUT2D eigenvalue weighted by Gasteiger charge is 2.26.